The Hall–Kier alpha value is -2.71. The van der Waals surface area contributed by atoms with Crippen LogP contribution in [0.25, 0.3) is 11.1 Å². The largest absolute Gasteiger partial charge is 0.324 e. The molecule has 0 atom stereocenters. The molecule has 1 fully saturated rings. The van der Waals surface area contributed by atoms with Gasteiger partial charge in [-0.25, -0.2) is 8.42 Å². The van der Waals surface area contributed by atoms with Crippen LogP contribution < -0.4 is 5.32 Å². The highest BCUT2D eigenvalue weighted by molar-refractivity contribution is 7.89. The highest BCUT2D eigenvalue weighted by Crippen LogP contribution is 2.27. The first-order valence-corrected chi connectivity index (χ1v) is 12.2. The van der Waals surface area contributed by atoms with Crippen molar-refractivity contribution in [1.29, 1.82) is 0 Å². The minimum absolute atomic E-state index is 0.125. The number of nitrogens with zero attached hydrogens (tertiary/aromatic N) is 2. The van der Waals surface area contributed by atoms with Crippen molar-refractivity contribution < 1.29 is 13.2 Å². The van der Waals surface area contributed by atoms with Gasteiger partial charge < -0.3 is 5.32 Å². The minimum Gasteiger partial charge on any atom is -0.324 e. The van der Waals surface area contributed by atoms with Gasteiger partial charge in [-0.3, -0.25) is 9.69 Å². The van der Waals surface area contributed by atoms with Crippen LogP contribution in [0.4, 0.5) is 5.69 Å². The van der Waals surface area contributed by atoms with Crippen molar-refractivity contribution in [2.24, 2.45) is 0 Å². The monoisotopic (exact) mass is 469 g/mol. The lowest BCUT2D eigenvalue weighted by Gasteiger charge is -2.33. The van der Waals surface area contributed by atoms with Crippen molar-refractivity contribution >= 4 is 33.2 Å². The van der Waals surface area contributed by atoms with Gasteiger partial charge in [-0.15, -0.1) is 0 Å². The predicted octanol–water partition coefficient (Wildman–Crippen LogP) is 3.95. The number of para-hydroxylation sites is 1. The molecule has 0 aliphatic carbocycles. The average Bonchev–Trinajstić information content (AvgIpc) is 2.80. The van der Waals surface area contributed by atoms with Crippen molar-refractivity contribution in [3.8, 4) is 11.1 Å². The summed E-state index contributed by atoms with van der Waals surface area (Å²) in [6, 6.07) is 23.9. The van der Waals surface area contributed by atoms with Crippen LogP contribution in [0.2, 0.25) is 5.02 Å². The Morgan fingerprint density at radius 3 is 2.28 bits per heavy atom. The highest BCUT2D eigenvalue weighted by Gasteiger charge is 2.29. The Kier molecular flexibility index (Phi) is 6.91. The van der Waals surface area contributed by atoms with E-state index in [9.17, 15) is 13.2 Å². The van der Waals surface area contributed by atoms with Gasteiger partial charge in [-0.2, -0.15) is 4.31 Å². The first-order chi connectivity index (χ1) is 15.4. The van der Waals surface area contributed by atoms with E-state index in [0.29, 0.717) is 31.2 Å². The number of rotatable bonds is 6. The quantitative estimate of drug-likeness (QED) is 0.593. The van der Waals surface area contributed by atoms with Gasteiger partial charge in [0.15, 0.2) is 0 Å². The third-order valence-electron chi connectivity index (χ3n) is 5.42. The first kappa shape index (κ1) is 22.5. The van der Waals surface area contributed by atoms with E-state index >= 15 is 0 Å². The molecular formula is C24H24ClN3O3S. The fraction of sp³-hybridized carbons (Fsp3) is 0.208. The van der Waals surface area contributed by atoms with E-state index in [1.165, 1.54) is 10.4 Å². The van der Waals surface area contributed by atoms with E-state index in [2.05, 4.69) is 5.32 Å². The summed E-state index contributed by atoms with van der Waals surface area (Å²) >= 11 is 5.95. The van der Waals surface area contributed by atoms with Crippen LogP contribution in [0.1, 0.15) is 0 Å². The summed E-state index contributed by atoms with van der Waals surface area (Å²) in [4.78, 5) is 14.9. The number of hydrogen-bond acceptors (Lipinski definition) is 4. The smallest absolute Gasteiger partial charge is 0.243 e. The van der Waals surface area contributed by atoms with E-state index in [0.717, 1.165) is 16.8 Å². The molecule has 32 heavy (non-hydrogen) atoms. The summed E-state index contributed by atoms with van der Waals surface area (Å²) in [5.41, 5.74) is 2.74. The number of halogens is 1. The Morgan fingerprint density at radius 1 is 0.875 bits per heavy atom. The molecular weight excluding hydrogens is 446 g/mol. The maximum atomic E-state index is 12.9. The number of carbonyl (C=O) groups is 1. The standard InChI is InChI=1S/C24H24ClN3O3S/c25-20-9-6-10-21(17-20)32(30,31)28-15-13-27(14-16-28)18-24(29)26-23-12-5-4-11-22(23)19-7-2-1-3-8-19/h1-12,17H,13-16,18H2,(H,26,29). The molecule has 3 aromatic rings. The van der Waals surface area contributed by atoms with Crippen LogP contribution >= 0.6 is 11.6 Å². The van der Waals surface area contributed by atoms with Crippen molar-refractivity contribution in [2.45, 2.75) is 4.90 Å². The van der Waals surface area contributed by atoms with E-state index in [4.69, 9.17) is 11.6 Å². The zero-order valence-corrected chi connectivity index (χ0v) is 19.0. The number of anilines is 1. The fourth-order valence-corrected chi connectivity index (χ4v) is 5.48. The third kappa shape index (κ3) is 5.19. The Labute approximate surface area is 193 Å². The molecule has 0 saturated carbocycles. The zero-order chi connectivity index (χ0) is 22.6. The zero-order valence-electron chi connectivity index (χ0n) is 17.4. The molecule has 0 bridgehead atoms. The van der Waals surface area contributed by atoms with Gasteiger partial charge >= 0.3 is 0 Å². The van der Waals surface area contributed by atoms with Crippen molar-refractivity contribution in [1.82, 2.24) is 9.21 Å². The fourth-order valence-electron chi connectivity index (χ4n) is 3.76. The normalized spacial score (nSPS) is 15.4. The number of hydrogen-bond donors (Lipinski definition) is 1. The average molecular weight is 470 g/mol. The number of benzene rings is 3. The highest BCUT2D eigenvalue weighted by atomic mass is 35.5. The van der Waals surface area contributed by atoms with Gasteiger partial charge in [0.25, 0.3) is 0 Å². The molecule has 166 valence electrons. The van der Waals surface area contributed by atoms with E-state index in [1.54, 1.807) is 18.2 Å². The molecule has 0 unspecified atom stereocenters. The summed E-state index contributed by atoms with van der Waals surface area (Å²) in [6.45, 7) is 1.81. The van der Waals surface area contributed by atoms with Gasteiger partial charge in [0.1, 0.15) is 0 Å². The van der Waals surface area contributed by atoms with Gasteiger partial charge in [-0.1, -0.05) is 66.2 Å². The summed E-state index contributed by atoms with van der Waals surface area (Å²) in [5, 5.41) is 3.39. The molecule has 3 aromatic carbocycles. The molecule has 0 radical (unpaired) electrons. The SMILES string of the molecule is O=C(CN1CCN(S(=O)(=O)c2cccc(Cl)c2)CC1)Nc1ccccc1-c1ccccc1. The summed E-state index contributed by atoms with van der Waals surface area (Å²) in [5.74, 6) is -0.125. The summed E-state index contributed by atoms with van der Waals surface area (Å²) in [6.07, 6.45) is 0. The van der Waals surface area contributed by atoms with Crippen LogP contribution in [-0.2, 0) is 14.8 Å². The molecule has 1 aliphatic heterocycles. The van der Waals surface area contributed by atoms with Crippen LogP contribution in [0.3, 0.4) is 0 Å². The van der Waals surface area contributed by atoms with Crippen LogP contribution in [-0.4, -0.2) is 56.3 Å². The van der Waals surface area contributed by atoms with Gasteiger partial charge in [-0.05, 0) is 29.8 Å². The minimum atomic E-state index is -3.60. The maximum Gasteiger partial charge on any atom is 0.243 e. The molecule has 0 aromatic heterocycles. The Bertz CT molecular complexity index is 1190. The molecule has 1 amide bonds. The number of nitrogens with one attached hydrogen (secondary N) is 1. The maximum absolute atomic E-state index is 12.9. The number of amides is 1. The second kappa shape index (κ2) is 9.83. The Morgan fingerprint density at radius 2 is 1.56 bits per heavy atom. The lowest BCUT2D eigenvalue weighted by molar-refractivity contribution is -0.117. The van der Waals surface area contributed by atoms with Gasteiger partial charge in [0, 0.05) is 42.5 Å². The van der Waals surface area contributed by atoms with Crippen LogP contribution in [0.5, 0.6) is 0 Å². The van der Waals surface area contributed by atoms with E-state index in [1.807, 2.05) is 59.5 Å². The second-order valence-corrected chi connectivity index (χ2v) is 9.97. The molecule has 1 saturated heterocycles. The second-order valence-electron chi connectivity index (χ2n) is 7.60. The lowest BCUT2D eigenvalue weighted by Crippen LogP contribution is -2.50. The first-order valence-electron chi connectivity index (χ1n) is 10.4. The van der Waals surface area contributed by atoms with Crippen LogP contribution in [0.15, 0.2) is 83.8 Å². The van der Waals surface area contributed by atoms with E-state index < -0.39 is 10.0 Å². The Balaban J connectivity index is 1.36. The molecule has 6 nitrogen and oxygen atoms in total. The molecule has 8 heteroatoms. The molecule has 1 N–H and O–H groups in total. The third-order valence-corrected chi connectivity index (χ3v) is 7.55. The van der Waals surface area contributed by atoms with Gasteiger partial charge in [0.05, 0.1) is 11.4 Å². The van der Waals surface area contributed by atoms with Gasteiger partial charge in [0.2, 0.25) is 15.9 Å². The lowest BCUT2D eigenvalue weighted by atomic mass is 10.0. The van der Waals surface area contributed by atoms with Crippen molar-refractivity contribution in [2.75, 3.05) is 38.0 Å². The molecule has 0 spiro atoms. The van der Waals surface area contributed by atoms with E-state index in [-0.39, 0.29) is 17.3 Å². The summed E-state index contributed by atoms with van der Waals surface area (Å²) in [7, 11) is -3.60. The molecule has 1 heterocycles. The number of sulfonamides is 1. The number of piperazine rings is 1. The van der Waals surface area contributed by atoms with Crippen LogP contribution in [0, 0.1) is 0 Å². The van der Waals surface area contributed by atoms with Crippen molar-refractivity contribution in [3.63, 3.8) is 0 Å². The van der Waals surface area contributed by atoms with Crippen molar-refractivity contribution in [3.05, 3.63) is 83.9 Å². The predicted molar refractivity (Wildman–Crippen MR) is 127 cm³/mol. The number of carbonyl (C=O) groups excluding carboxylic acids is 1. The molecule has 4 rings (SSSR count). The molecule has 1 aliphatic rings. The summed E-state index contributed by atoms with van der Waals surface area (Å²) < 4.78 is 27.1. The topological polar surface area (TPSA) is 69.7 Å².